The van der Waals surface area contributed by atoms with Crippen molar-refractivity contribution in [3.8, 4) is 0 Å². The topological polar surface area (TPSA) is 81.7 Å². The second-order valence-corrected chi connectivity index (χ2v) is 5.62. The number of fused-ring (bicyclic) bond motifs is 1. The molecule has 1 aliphatic heterocycles. The number of carbonyl (C=O) groups is 1. The van der Waals surface area contributed by atoms with Crippen LogP contribution in [0.25, 0.3) is 5.65 Å². The Labute approximate surface area is 147 Å². The fourth-order valence-electron chi connectivity index (χ4n) is 2.74. The molecule has 6 nitrogen and oxygen atoms in total. The molecule has 8 heteroatoms. The van der Waals surface area contributed by atoms with Gasteiger partial charge in [-0.3, -0.25) is 4.79 Å². The van der Waals surface area contributed by atoms with Crippen molar-refractivity contribution in [3.63, 3.8) is 0 Å². The normalized spacial score (nSPS) is 16.3. The van der Waals surface area contributed by atoms with E-state index in [1.54, 1.807) is 0 Å². The fourth-order valence-corrected chi connectivity index (χ4v) is 2.74. The molecule has 1 aliphatic rings. The van der Waals surface area contributed by atoms with Crippen molar-refractivity contribution < 1.29 is 9.53 Å². The third-order valence-electron chi connectivity index (χ3n) is 4.15. The molecule has 0 atom stereocenters. The van der Waals surface area contributed by atoms with Gasteiger partial charge >= 0.3 is 0 Å². The number of hydrogen-bond acceptors (Lipinski definition) is 4. The number of anilines is 1. The van der Waals surface area contributed by atoms with Crippen molar-refractivity contribution in [3.05, 3.63) is 30.2 Å². The second-order valence-electron chi connectivity index (χ2n) is 5.62. The Hall–Kier alpha value is -1.34. The second kappa shape index (κ2) is 7.97. The van der Waals surface area contributed by atoms with Gasteiger partial charge in [0.25, 0.3) is 0 Å². The summed E-state index contributed by atoms with van der Waals surface area (Å²) in [6.45, 7) is 3.46. The highest BCUT2D eigenvalue weighted by Gasteiger charge is 2.38. The molecular formula is C15H22Cl2N4O2. The number of rotatable bonds is 3. The standard InChI is InChI=1S/C15H20N4O2.2ClH/c1-11-8-19-9-12(2-3-13(19)17-11)18-14(20)15(10-16)4-6-21-7-5-15;;/h2-3,8-9H,4-7,10,16H2,1H3,(H,18,20);2*1H. The zero-order chi connectivity index (χ0) is 14.9. The Morgan fingerprint density at radius 1 is 1.35 bits per heavy atom. The number of nitrogens with two attached hydrogens (primary N) is 1. The predicted molar refractivity (Wildman–Crippen MR) is 94.6 cm³/mol. The number of aryl methyl sites for hydroxylation is 1. The zero-order valence-electron chi connectivity index (χ0n) is 12.9. The van der Waals surface area contributed by atoms with E-state index >= 15 is 0 Å². The predicted octanol–water partition coefficient (Wildman–Crippen LogP) is 2.18. The van der Waals surface area contributed by atoms with E-state index in [-0.39, 0.29) is 30.7 Å². The molecule has 128 valence electrons. The molecule has 0 saturated carbocycles. The van der Waals surface area contributed by atoms with Crippen LogP contribution in [-0.4, -0.2) is 35.1 Å². The minimum absolute atomic E-state index is 0. The Morgan fingerprint density at radius 2 is 2.04 bits per heavy atom. The summed E-state index contributed by atoms with van der Waals surface area (Å²) in [5, 5.41) is 2.98. The highest BCUT2D eigenvalue weighted by Crippen LogP contribution is 2.30. The Kier molecular flexibility index (Phi) is 6.83. The van der Waals surface area contributed by atoms with Gasteiger partial charge in [0, 0.05) is 32.2 Å². The number of hydrogen-bond donors (Lipinski definition) is 2. The number of halogens is 2. The SMILES string of the molecule is Cc1cn2cc(NC(=O)C3(CN)CCOCC3)ccc2n1.Cl.Cl. The van der Waals surface area contributed by atoms with Crippen LogP contribution in [0, 0.1) is 12.3 Å². The summed E-state index contributed by atoms with van der Waals surface area (Å²) in [6.07, 6.45) is 5.14. The summed E-state index contributed by atoms with van der Waals surface area (Å²) in [5.74, 6) is -0.0236. The lowest BCUT2D eigenvalue weighted by atomic mass is 9.79. The van der Waals surface area contributed by atoms with Crippen LogP contribution in [0.5, 0.6) is 0 Å². The molecule has 3 heterocycles. The lowest BCUT2D eigenvalue weighted by Gasteiger charge is -2.34. The molecule has 0 aromatic carbocycles. The van der Waals surface area contributed by atoms with Gasteiger partial charge in [-0.25, -0.2) is 4.98 Å². The van der Waals surface area contributed by atoms with Crippen LogP contribution in [0.4, 0.5) is 5.69 Å². The minimum Gasteiger partial charge on any atom is -0.381 e. The Balaban J connectivity index is 0.00000132. The average Bonchev–Trinajstić information content (AvgIpc) is 2.87. The van der Waals surface area contributed by atoms with E-state index in [9.17, 15) is 4.79 Å². The quantitative estimate of drug-likeness (QED) is 0.878. The van der Waals surface area contributed by atoms with Crippen molar-refractivity contribution in [1.29, 1.82) is 0 Å². The molecule has 23 heavy (non-hydrogen) atoms. The van der Waals surface area contributed by atoms with Crippen molar-refractivity contribution in [2.24, 2.45) is 11.1 Å². The molecule has 0 bridgehead atoms. The number of imidazole rings is 1. The van der Waals surface area contributed by atoms with Gasteiger partial charge in [-0.05, 0) is 31.9 Å². The van der Waals surface area contributed by atoms with E-state index in [0.717, 1.165) is 17.0 Å². The molecular weight excluding hydrogens is 339 g/mol. The Bertz CT molecular complexity index is 669. The van der Waals surface area contributed by atoms with Crippen molar-refractivity contribution in [1.82, 2.24) is 9.38 Å². The zero-order valence-corrected chi connectivity index (χ0v) is 14.6. The minimum atomic E-state index is -0.516. The van der Waals surface area contributed by atoms with Crippen molar-refractivity contribution in [2.45, 2.75) is 19.8 Å². The molecule has 3 rings (SSSR count). The number of carbonyl (C=O) groups excluding carboxylic acids is 1. The van der Waals surface area contributed by atoms with Gasteiger partial charge in [0.2, 0.25) is 5.91 Å². The van der Waals surface area contributed by atoms with Crippen LogP contribution in [0.3, 0.4) is 0 Å². The van der Waals surface area contributed by atoms with Crippen molar-refractivity contribution >= 4 is 42.1 Å². The van der Waals surface area contributed by atoms with Gasteiger partial charge in [-0.1, -0.05) is 0 Å². The monoisotopic (exact) mass is 360 g/mol. The highest BCUT2D eigenvalue weighted by molar-refractivity contribution is 5.95. The first-order valence-corrected chi connectivity index (χ1v) is 7.18. The maximum absolute atomic E-state index is 12.6. The lowest BCUT2D eigenvalue weighted by Crippen LogP contribution is -2.46. The van der Waals surface area contributed by atoms with E-state index in [1.165, 1.54) is 0 Å². The highest BCUT2D eigenvalue weighted by atomic mass is 35.5. The molecule has 0 aliphatic carbocycles. The lowest BCUT2D eigenvalue weighted by molar-refractivity contribution is -0.130. The summed E-state index contributed by atoms with van der Waals surface area (Å²) in [6, 6.07) is 3.75. The molecule has 1 saturated heterocycles. The van der Waals surface area contributed by atoms with E-state index in [1.807, 2.05) is 35.9 Å². The molecule has 3 N–H and O–H groups in total. The number of amides is 1. The molecule has 2 aromatic heterocycles. The maximum Gasteiger partial charge on any atom is 0.232 e. The fraction of sp³-hybridized carbons (Fsp3) is 0.467. The molecule has 0 unspecified atom stereocenters. The van der Waals surface area contributed by atoms with E-state index in [0.29, 0.717) is 32.6 Å². The van der Waals surface area contributed by atoms with Crippen LogP contribution in [0.1, 0.15) is 18.5 Å². The van der Waals surface area contributed by atoms with Gasteiger partial charge in [-0.15, -0.1) is 24.8 Å². The molecule has 2 aromatic rings. The number of nitrogens with one attached hydrogen (secondary N) is 1. The first kappa shape index (κ1) is 19.7. The van der Waals surface area contributed by atoms with Gasteiger partial charge < -0.3 is 20.2 Å². The van der Waals surface area contributed by atoms with Crippen LogP contribution >= 0.6 is 24.8 Å². The summed E-state index contributed by atoms with van der Waals surface area (Å²) in [5.41, 5.74) is 7.90. The first-order valence-electron chi connectivity index (χ1n) is 7.18. The van der Waals surface area contributed by atoms with Gasteiger partial charge in [0.1, 0.15) is 5.65 Å². The molecule has 0 radical (unpaired) electrons. The molecule has 1 fully saturated rings. The van der Waals surface area contributed by atoms with E-state index in [2.05, 4.69) is 10.3 Å². The van der Waals surface area contributed by atoms with Crippen LogP contribution in [0.15, 0.2) is 24.5 Å². The van der Waals surface area contributed by atoms with Crippen LogP contribution < -0.4 is 11.1 Å². The summed E-state index contributed by atoms with van der Waals surface area (Å²) < 4.78 is 7.25. The van der Waals surface area contributed by atoms with Gasteiger partial charge in [-0.2, -0.15) is 0 Å². The number of ether oxygens (including phenoxy) is 1. The smallest absolute Gasteiger partial charge is 0.232 e. The number of nitrogens with zero attached hydrogens (tertiary/aromatic N) is 2. The third-order valence-corrected chi connectivity index (χ3v) is 4.15. The first-order chi connectivity index (χ1) is 10.1. The van der Waals surface area contributed by atoms with Crippen LogP contribution in [-0.2, 0) is 9.53 Å². The third kappa shape index (κ3) is 3.95. The summed E-state index contributed by atoms with van der Waals surface area (Å²) >= 11 is 0. The average molecular weight is 361 g/mol. The number of pyridine rings is 1. The molecule has 1 amide bonds. The van der Waals surface area contributed by atoms with Crippen molar-refractivity contribution in [2.75, 3.05) is 25.1 Å². The molecule has 0 spiro atoms. The number of aromatic nitrogens is 2. The summed E-state index contributed by atoms with van der Waals surface area (Å²) in [4.78, 5) is 17.0. The Morgan fingerprint density at radius 3 is 2.70 bits per heavy atom. The van der Waals surface area contributed by atoms with Crippen LogP contribution in [0.2, 0.25) is 0 Å². The van der Waals surface area contributed by atoms with E-state index < -0.39 is 5.41 Å². The largest absolute Gasteiger partial charge is 0.381 e. The van der Waals surface area contributed by atoms with Gasteiger partial charge in [0.05, 0.1) is 16.8 Å². The maximum atomic E-state index is 12.6. The summed E-state index contributed by atoms with van der Waals surface area (Å²) in [7, 11) is 0. The van der Waals surface area contributed by atoms with E-state index in [4.69, 9.17) is 10.5 Å². The van der Waals surface area contributed by atoms with Gasteiger partial charge in [0.15, 0.2) is 0 Å².